The van der Waals surface area contributed by atoms with E-state index in [1.165, 1.54) is 0 Å². The van der Waals surface area contributed by atoms with Crippen LogP contribution in [-0.2, 0) is 4.79 Å². The average Bonchev–Trinajstić information content (AvgIpc) is 3.44. The van der Waals surface area contributed by atoms with Crippen LogP contribution in [0.25, 0.3) is 22.3 Å². The first kappa shape index (κ1) is 23.9. The number of carbonyl (C=O) groups is 1. The van der Waals surface area contributed by atoms with Crippen molar-refractivity contribution in [1.82, 2.24) is 9.97 Å². The number of ether oxygens (including phenoxy) is 1. The lowest BCUT2D eigenvalue weighted by atomic mass is 9.70. The first-order valence-corrected chi connectivity index (χ1v) is 12.7. The van der Waals surface area contributed by atoms with E-state index in [1.807, 2.05) is 50.2 Å². The number of hydrogen-bond acceptors (Lipinski definition) is 5. The molecule has 3 heterocycles. The molecule has 3 N–H and O–H groups in total. The van der Waals surface area contributed by atoms with Crippen LogP contribution in [-0.4, -0.2) is 51.4 Å². The Hall–Kier alpha value is -2.77. The van der Waals surface area contributed by atoms with Gasteiger partial charge in [-0.15, -0.1) is 0 Å². The number of rotatable bonds is 6. The zero-order valence-corrected chi connectivity index (χ0v) is 20.9. The molecule has 7 nitrogen and oxygen atoms in total. The molecule has 1 atom stereocenters. The lowest BCUT2D eigenvalue weighted by Gasteiger charge is -2.36. The molecule has 0 bridgehead atoms. The average molecular weight is 498 g/mol. The van der Waals surface area contributed by atoms with Crippen molar-refractivity contribution >= 4 is 34.3 Å². The fraction of sp³-hybridized carbons (Fsp3) is 0.481. The second-order valence-corrected chi connectivity index (χ2v) is 10.8. The number of aliphatic hydroxyl groups excluding tert-OH is 1. The van der Waals surface area contributed by atoms with Crippen molar-refractivity contribution in [2.24, 2.45) is 11.3 Å². The van der Waals surface area contributed by atoms with Crippen molar-refractivity contribution in [2.75, 3.05) is 18.0 Å². The van der Waals surface area contributed by atoms with E-state index in [4.69, 9.17) is 21.3 Å². The van der Waals surface area contributed by atoms with E-state index in [0.29, 0.717) is 23.1 Å². The summed E-state index contributed by atoms with van der Waals surface area (Å²) in [7, 11) is 0. The minimum Gasteiger partial charge on any atom is -0.481 e. The van der Waals surface area contributed by atoms with E-state index in [-0.39, 0.29) is 18.1 Å². The molecule has 0 spiro atoms. The quantitative estimate of drug-likeness (QED) is 0.415. The SMILES string of the molecule is CC(C)(C(=O)O)C1CCC(Oc2cc3nc(-c4ccc(N5CC[C@@H](O)C5)cc4)c(Cl)cc3[nH]2)CC1. The van der Waals surface area contributed by atoms with E-state index in [1.54, 1.807) is 0 Å². The Morgan fingerprint density at radius 2 is 1.86 bits per heavy atom. The van der Waals surface area contributed by atoms with Gasteiger partial charge >= 0.3 is 5.97 Å². The van der Waals surface area contributed by atoms with Gasteiger partial charge in [-0.2, -0.15) is 0 Å². The van der Waals surface area contributed by atoms with Gasteiger partial charge in [0.2, 0.25) is 0 Å². The largest absolute Gasteiger partial charge is 0.481 e. The van der Waals surface area contributed by atoms with Crippen LogP contribution in [0.5, 0.6) is 5.88 Å². The summed E-state index contributed by atoms with van der Waals surface area (Å²) >= 11 is 6.59. The van der Waals surface area contributed by atoms with Crippen molar-refractivity contribution in [2.45, 2.75) is 58.2 Å². The van der Waals surface area contributed by atoms with Crippen LogP contribution in [0, 0.1) is 11.3 Å². The van der Waals surface area contributed by atoms with E-state index >= 15 is 0 Å². The lowest BCUT2D eigenvalue weighted by molar-refractivity contribution is -0.151. The van der Waals surface area contributed by atoms with Gasteiger partial charge in [0.15, 0.2) is 5.88 Å². The third-order valence-electron chi connectivity index (χ3n) is 7.74. The van der Waals surface area contributed by atoms with Crippen LogP contribution in [0.2, 0.25) is 5.02 Å². The summed E-state index contributed by atoms with van der Waals surface area (Å²) in [6.45, 7) is 5.15. The Balaban J connectivity index is 1.28. The normalized spacial score (nSPS) is 23.1. The third-order valence-corrected chi connectivity index (χ3v) is 8.03. The Morgan fingerprint density at radius 1 is 1.14 bits per heavy atom. The van der Waals surface area contributed by atoms with E-state index in [0.717, 1.165) is 60.9 Å². The molecule has 0 amide bonds. The van der Waals surface area contributed by atoms with Gasteiger partial charge in [0.05, 0.1) is 33.3 Å². The maximum Gasteiger partial charge on any atom is 0.309 e. The van der Waals surface area contributed by atoms with Crippen LogP contribution in [0.1, 0.15) is 46.0 Å². The van der Waals surface area contributed by atoms with Crippen molar-refractivity contribution in [3.63, 3.8) is 0 Å². The highest BCUT2D eigenvalue weighted by molar-refractivity contribution is 6.33. The Labute approximate surface area is 210 Å². The predicted octanol–water partition coefficient (Wildman–Crippen LogP) is 5.50. The summed E-state index contributed by atoms with van der Waals surface area (Å²) < 4.78 is 6.22. The molecule has 5 rings (SSSR count). The number of carboxylic acids is 1. The van der Waals surface area contributed by atoms with Gasteiger partial charge in [-0.1, -0.05) is 23.7 Å². The molecular formula is C27H32ClN3O4. The summed E-state index contributed by atoms with van der Waals surface area (Å²) in [6.07, 6.45) is 3.93. The molecule has 35 heavy (non-hydrogen) atoms. The number of aromatic amines is 1. The standard InChI is InChI=1S/C27H32ClN3O4/c1-27(2,26(33)34)17-5-9-20(10-6-17)35-24-14-23-22(29-24)13-21(28)25(30-23)16-3-7-18(8-4-16)31-12-11-19(32)15-31/h3-4,7-8,13-14,17,19-20,29,32H,5-6,9-12,15H2,1-2H3,(H,33,34)/t17?,19-,20?/m1/s1. The fourth-order valence-corrected chi connectivity index (χ4v) is 5.60. The number of aliphatic carboxylic acids is 1. The molecule has 2 aromatic heterocycles. The summed E-state index contributed by atoms with van der Waals surface area (Å²) in [5.74, 6) is 0.0813. The molecule has 2 fully saturated rings. The number of halogens is 1. The number of pyridine rings is 1. The van der Waals surface area contributed by atoms with Crippen LogP contribution in [0.15, 0.2) is 36.4 Å². The van der Waals surface area contributed by atoms with E-state index in [2.05, 4.69) is 9.88 Å². The zero-order valence-electron chi connectivity index (χ0n) is 20.1. The van der Waals surface area contributed by atoms with E-state index in [9.17, 15) is 15.0 Å². The molecule has 1 saturated heterocycles. The van der Waals surface area contributed by atoms with Crippen molar-refractivity contribution < 1.29 is 19.7 Å². The number of H-pyrrole nitrogens is 1. The van der Waals surface area contributed by atoms with Crippen molar-refractivity contribution in [3.8, 4) is 17.1 Å². The molecule has 3 aromatic rings. The molecule has 2 aliphatic rings. The lowest BCUT2D eigenvalue weighted by Crippen LogP contribution is -2.37. The molecule has 0 unspecified atom stereocenters. The number of fused-ring (bicyclic) bond motifs is 1. The maximum atomic E-state index is 11.6. The molecule has 1 saturated carbocycles. The smallest absolute Gasteiger partial charge is 0.309 e. The second-order valence-electron chi connectivity index (χ2n) is 10.4. The number of hydrogen-bond donors (Lipinski definition) is 3. The molecule has 8 heteroatoms. The number of carboxylic acid groups (broad SMARTS) is 1. The monoisotopic (exact) mass is 497 g/mol. The van der Waals surface area contributed by atoms with Crippen LogP contribution >= 0.6 is 11.6 Å². The van der Waals surface area contributed by atoms with Crippen molar-refractivity contribution in [3.05, 3.63) is 41.4 Å². The first-order chi connectivity index (χ1) is 16.7. The van der Waals surface area contributed by atoms with Crippen molar-refractivity contribution in [1.29, 1.82) is 0 Å². The highest BCUT2D eigenvalue weighted by Crippen LogP contribution is 2.40. The minimum absolute atomic E-state index is 0.0514. The van der Waals surface area contributed by atoms with Gasteiger partial charge in [0, 0.05) is 30.4 Å². The van der Waals surface area contributed by atoms with E-state index < -0.39 is 11.4 Å². The number of β-amino-alcohol motifs (C(OH)–C–C–N with tert-alkyl or cyclic N) is 1. The topological polar surface area (TPSA) is 98.7 Å². The third kappa shape index (κ3) is 4.84. The highest BCUT2D eigenvalue weighted by Gasteiger charge is 2.39. The number of nitrogens with one attached hydrogen (secondary N) is 1. The molecule has 1 aromatic carbocycles. The number of aromatic nitrogens is 2. The Kier molecular flexibility index (Phi) is 6.40. The molecule has 186 valence electrons. The summed E-state index contributed by atoms with van der Waals surface area (Å²) in [5, 5.41) is 19.9. The summed E-state index contributed by atoms with van der Waals surface area (Å²) in [4.78, 5) is 21.8. The number of aliphatic hydroxyl groups is 1. The molecular weight excluding hydrogens is 466 g/mol. The van der Waals surface area contributed by atoms with Crippen LogP contribution in [0.3, 0.4) is 0 Å². The van der Waals surface area contributed by atoms with Gasteiger partial charge in [0.25, 0.3) is 0 Å². The Morgan fingerprint density at radius 3 is 2.49 bits per heavy atom. The Bertz CT molecular complexity index is 1220. The minimum atomic E-state index is -0.735. The zero-order chi connectivity index (χ0) is 24.7. The van der Waals surface area contributed by atoms with Gasteiger partial charge in [-0.25, -0.2) is 4.98 Å². The number of benzene rings is 1. The summed E-state index contributed by atoms with van der Waals surface area (Å²) in [5.41, 5.74) is 3.62. The van der Waals surface area contributed by atoms with Crippen LogP contribution < -0.4 is 9.64 Å². The first-order valence-electron chi connectivity index (χ1n) is 12.3. The van der Waals surface area contributed by atoms with Gasteiger partial charge in [-0.3, -0.25) is 4.79 Å². The highest BCUT2D eigenvalue weighted by atomic mass is 35.5. The summed E-state index contributed by atoms with van der Waals surface area (Å²) in [6, 6.07) is 11.9. The van der Waals surface area contributed by atoms with Gasteiger partial charge < -0.3 is 24.8 Å². The van der Waals surface area contributed by atoms with Gasteiger partial charge in [0.1, 0.15) is 6.10 Å². The molecule has 1 aliphatic heterocycles. The molecule has 1 aliphatic carbocycles. The number of anilines is 1. The predicted molar refractivity (Wildman–Crippen MR) is 137 cm³/mol. The van der Waals surface area contributed by atoms with Crippen LogP contribution in [0.4, 0.5) is 5.69 Å². The molecule has 0 radical (unpaired) electrons. The second kappa shape index (κ2) is 9.36. The fourth-order valence-electron chi connectivity index (χ4n) is 5.34. The van der Waals surface area contributed by atoms with Gasteiger partial charge in [-0.05, 0) is 70.1 Å². The maximum absolute atomic E-state index is 11.6. The number of nitrogens with zero attached hydrogens (tertiary/aromatic N) is 2.